The van der Waals surface area contributed by atoms with Crippen LogP contribution in [-0.4, -0.2) is 24.5 Å². The van der Waals surface area contributed by atoms with Gasteiger partial charge in [-0.15, -0.1) is 0 Å². The fourth-order valence-corrected chi connectivity index (χ4v) is 1.92. The van der Waals surface area contributed by atoms with Gasteiger partial charge in [0.05, 0.1) is 18.7 Å². The van der Waals surface area contributed by atoms with Crippen molar-refractivity contribution in [3.63, 3.8) is 0 Å². The molecule has 2 rings (SSSR count). The zero-order chi connectivity index (χ0) is 13.1. The van der Waals surface area contributed by atoms with Crippen LogP contribution in [0.5, 0.6) is 0 Å². The van der Waals surface area contributed by atoms with Gasteiger partial charge in [0.1, 0.15) is 0 Å². The Morgan fingerprint density at radius 2 is 2.17 bits per heavy atom. The van der Waals surface area contributed by atoms with E-state index in [-0.39, 0.29) is 18.9 Å². The van der Waals surface area contributed by atoms with Crippen LogP contribution in [-0.2, 0) is 14.3 Å². The smallest absolute Gasteiger partial charge is 0.331 e. The first-order chi connectivity index (χ1) is 8.61. The van der Waals surface area contributed by atoms with Gasteiger partial charge in [-0.05, 0) is 31.2 Å². The lowest BCUT2D eigenvalue weighted by atomic mass is 10.2. The molecule has 0 radical (unpaired) electrons. The zero-order valence-corrected chi connectivity index (χ0v) is 10.6. The Labute approximate surface area is 110 Å². The van der Waals surface area contributed by atoms with Crippen LogP contribution in [0, 0.1) is 0 Å². The summed E-state index contributed by atoms with van der Waals surface area (Å²) in [6.45, 7) is 2.02. The van der Waals surface area contributed by atoms with Gasteiger partial charge in [-0.1, -0.05) is 11.6 Å². The molecule has 1 amide bonds. The average molecular weight is 269 g/mol. The maximum atomic E-state index is 11.8. The molecule has 1 unspecified atom stereocenters. The Bertz CT molecular complexity index is 461. The minimum Gasteiger partial charge on any atom is -0.464 e. The van der Waals surface area contributed by atoms with E-state index in [2.05, 4.69) is 5.43 Å². The molecule has 96 valence electrons. The van der Waals surface area contributed by atoms with E-state index in [1.54, 1.807) is 31.2 Å². The predicted octanol–water partition coefficient (Wildman–Crippen LogP) is 1.51. The molecule has 5 nitrogen and oxygen atoms in total. The molecule has 0 bridgehead atoms. The number of hydrazine groups is 1. The number of ether oxygens (including phenoxy) is 1. The Balaban J connectivity index is 2.21. The van der Waals surface area contributed by atoms with Gasteiger partial charge in [0, 0.05) is 5.02 Å². The Kier molecular flexibility index (Phi) is 3.72. The predicted molar refractivity (Wildman–Crippen MR) is 67.1 cm³/mol. The van der Waals surface area contributed by atoms with Gasteiger partial charge in [-0.3, -0.25) is 15.2 Å². The van der Waals surface area contributed by atoms with E-state index in [1.165, 1.54) is 5.01 Å². The molecule has 1 saturated heterocycles. The van der Waals surface area contributed by atoms with Crippen LogP contribution in [0.3, 0.4) is 0 Å². The highest BCUT2D eigenvalue weighted by molar-refractivity contribution is 6.30. The average Bonchev–Trinajstić information content (AvgIpc) is 2.73. The van der Waals surface area contributed by atoms with E-state index in [9.17, 15) is 9.59 Å². The maximum absolute atomic E-state index is 11.8. The van der Waals surface area contributed by atoms with E-state index >= 15 is 0 Å². The molecule has 0 saturated carbocycles. The van der Waals surface area contributed by atoms with E-state index < -0.39 is 12.0 Å². The first-order valence-electron chi connectivity index (χ1n) is 5.62. The summed E-state index contributed by atoms with van der Waals surface area (Å²) in [6.07, 6.45) is 0.0987. The van der Waals surface area contributed by atoms with Gasteiger partial charge in [0.15, 0.2) is 6.04 Å². The molecule has 1 aliphatic rings. The highest BCUT2D eigenvalue weighted by Crippen LogP contribution is 2.23. The lowest BCUT2D eigenvalue weighted by Gasteiger charge is -2.23. The van der Waals surface area contributed by atoms with Crippen LogP contribution in [0.1, 0.15) is 13.3 Å². The summed E-state index contributed by atoms with van der Waals surface area (Å²) < 4.78 is 4.95. The molecule has 18 heavy (non-hydrogen) atoms. The number of halogens is 1. The number of benzene rings is 1. The number of carbonyl (C=O) groups excluding carboxylic acids is 2. The van der Waals surface area contributed by atoms with Crippen LogP contribution in [0.25, 0.3) is 0 Å². The molecular weight excluding hydrogens is 256 g/mol. The summed E-state index contributed by atoms with van der Waals surface area (Å²) in [7, 11) is 0. The minimum absolute atomic E-state index is 0.0987. The second kappa shape index (κ2) is 5.27. The maximum Gasteiger partial charge on any atom is 0.331 e. The highest BCUT2D eigenvalue weighted by atomic mass is 35.5. The topological polar surface area (TPSA) is 58.6 Å². The van der Waals surface area contributed by atoms with Crippen molar-refractivity contribution < 1.29 is 14.3 Å². The molecule has 1 N–H and O–H groups in total. The van der Waals surface area contributed by atoms with Crippen LogP contribution >= 0.6 is 11.6 Å². The molecule has 1 fully saturated rings. The first-order valence-corrected chi connectivity index (χ1v) is 6.00. The van der Waals surface area contributed by atoms with Crippen molar-refractivity contribution in [2.24, 2.45) is 0 Å². The van der Waals surface area contributed by atoms with E-state index in [1.807, 2.05) is 0 Å². The van der Waals surface area contributed by atoms with Gasteiger partial charge in [0.25, 0.3) is 0 Å². The fourth-order valence-electron chi connectivity index (χ4n) is 1.80. The van der Waals surface area contributed by atoms with Crippen molar-refractivity contribution in [1.29, 1.82) is 0 Å². The molecule has 1 aromatic rings. The van der Waals surface area contributed by atoms with E-state index in [0.29, 0.717) is 10.7 Å². The summed E-state index contributed by atoms with van der Waals surface area (Å²) in [5, 5.41) is 2.10. The van der Waals surface area contributed by atoms with Gasteiger partial charge in [0.2, 0.25) is 5.91 Å². The number of amides is 1. The standard InChI is InChI=1S/C12H13ClN2O3/c1-2-18-12(17)10-7-11(16)14-15(10)9-5-3-8(13)4-6-9/h3-6,10H,2,7H2,1H3,(H,14,16). The lowest BCUT2D eigenvalue weighted by Crippen LogP contribution is -2.43. The largest absolute Gasteiger partial charge is 0.464 e. The van der Waals surface area contributed by atoms with Crippen molar-refractivity contribution >= 4 is 29.2 Å². The van der Waals surface area contributed by atoms with Crippen LogP contribution in [0.15, 0.2) is 24.3 Å². The zero-order valence-electron chi connectivity index (χ0n) is 9.85. The normalized spacial score (nSPS) is 18.7. The molecule has 6 heteroatoms. The Morgan fingerprint density at radius 3 is 2.78 bits per heavy atom. The molecule has 0 spiro atoms. The monoisotopic (exact) mass is 268 g/mol. The SMILES string of the molecule is CCOC(=O)C1CC(=O)NN1c1ccc(Cl)cc1. The number of hydrogen-bond acceptors (Lipinski definition) is 4. The molecular formula is C12H13ClN2O3. The second-order valence-corrected chi connectivity index (χ2v) is 4.29. The van der Waals surface area contributed by atoms with Crippen molar-refractivity contribution in [2.75, 3.05) is 11.6 Å². The number of carbonyl (C=O) groups is 2. The first kappa shape index (κ1) is 12.7. The Morgan fingerprint density at radius 1 is 1.50 bits per heavy atom. The van der Waals surface area contributed by atoms with Crippen molar-refractivity contribution in [3.05, 3.63) is 29.3 Å². The molecule has 1 aromatic carbocycles. The molecule has 1 aliphatic heterocycles. The van der Waals surface area contributed by atoms with Gasteiger partial charge < -0.3 is 4.74 Å². The van der Waals surface area contributed by atoms with E-state index in [0.717, 1.165) is 0 Å². The van der Waals surface area contributed by atoms with Gasteiger partial charge in [-0.25, -0.2) is 4.79 Å². The second-order valence-electron chi connectivity index (χ2n) is 3.85. The molecule has 1 heterocycles. The van der Waals surface area contributed by atoms with Crippen LogP contribution in [0.4, 0.5) is 5.69 Å². The summed E-state index contributed by atoms with van der Waals surface area (Å²) in [6, 6.07) is 6.24. The highest BCUT2D eigenvalue weighted by Gasteiger charge is 2.37. The number of nitrogens with zero attached hydrogens (tertiary/aromatic N) is 1. The summed E-state index contributed by atoms with van der Waals surface area (Å²) in [5.74, 6) is -0.617. The van der Waals surface area contributed by atoms with Crippen molar-refractivity contribution in [3.8, 4) is 0 Å². The number of esters is 1. The lowest BCUT2D eigenvalue weighted by molar-refractivity contribution is -0.144. The summed E-state index contributed by atoms with van der Waals surface area (Å²) in [4.78, 5) is 23.2. The summed E-state index contributed by atoms with van der Waals surface area (Å²) in [5.41, 5.74) is 3.33. The fraction of sp³-hybridized carbons (Fsp3) is 0.333. The molecule has 0 aliphatic carbocycles. The third-order valence-corrected chi connectivity index (χ3v) is 2.85. The number of rotatable bonds is 3. The molecule has 0 aromatic heterocycles. The number of hydrogen-bond donors (Lipinski definition) is 1. The third kappa shape index (κ3) is 2.56. The van der Waals surface area contributed by atoms with Crippen molar-refractivity contribution in [1.82, 2.24) is 5.43 Å². The summed E-state index contributed by atoms with van der Waals surface area (Å²) >= 11 is 5.80. The van der Waals surface area contributed by atoms with E-state index in [4.69, 9.17) is 16.3 Å². The molecule has 1 atom stereocenters. The van der Waals surface area contributed by atoms with Gasteiger partial charge >= 0.3 is 5.97 Å². The number of nitrogens with one attached hydrogen (secondary N) is 1. The van der Waals surface area contributed by atoms with Crippen molar-refractivity contribution in [2.45, 2.75) is 19.4 Å². The number of anilines is 1. The minimum atomic E-state index is -0.626. The van der Waals surface area contributed by atoms with Crippen LogP contribution < -0.4 is 10.4 Å². The van der Waals surface area contributed by atoms with Crippen LogP contribution in [0.2, 0.25) is 5.02 Å². The third-order valence-electron chi connectivity index (χ3n) is 2.60. The van der Waals surface area contributed by atoms with Gasteiger partial charge in [-0.2, -0.15) is 0 Å². The Hall–Kier alpha value is -1.75. The quantitative estimate of drug-likeness (QED) is 0.845.